The molecule has 4 heteroatoms. The number of nitrogens with zero attached hydrogens (tertiary/aromatic N) is 4. The van der Waals surface area contributed by atoms with Crippen molar-refractivity contribution in [1.82, 2.24) is 19.9 Å². The van der Waals surface area contributed by atoms with E-state index in [2.05, 4.69) is 60.4 Å². The van der Waals surface area contributed by atoms with Crippen molar-refractivity contribution in [1.29, 1.82) is 0 Å². The van der Waals surface area contributed by atoms with Gasteiger partial charge in [0.05, 0.1) is 44.1 Å². The van der Waals surface area contributed by atoms with Gasteiger partial charge in [0.15, 0.2) is 0 Å². The van der Waals surface area contributed by atoms with E-state index >= 15 is 0 Å². The molecule has 0 aliphatic carbocycles. The largest absolute Gasteiger partial charge is 0.247 e. The fourth-order valence-electron chi connectivity index (χ4n) is 6.43. The standard InChI is InChI=1S/C40H20N4/c1-3-23-21-35-31-13-5-9-25-18-20-34(42-37(25)31)30-16-8-12-28-24(4-2)22-36(44-40(28)30)32-14-6-10-26-17-19-33(41-38(26)32)29-15-7-11-27(23)39(29)43-35/h1-2,5-22H. The lowest BCUT2D eigenvalue weighted by Gasteiger charge is -2.09. The second-order valence-electron chi connectivity index (χ2n) is 10.9. The fourth-order valence-corrected chi connectivity index (χ4v) is 6.43. The summed E-state index contributed by atoms with van der Waals surface area (Å²) in [6, 6.07) is 36.7. The first kappa shape index (κ1) is 24.3. The van der Waals surface area contributed by atoms with Crippen LogP contribution in [0, 0.1) is 24.7 Å². The van der Waals surface area contributed by atoms with Gasteiger partial charge in [-0.05, 0) is 24.3 Å². The molecule has 0 saturated carbocycles. The maximum atomic E-state index is 6.10. The normalized spacial score (nSPS) is 11.6. The Morgan fingerprint density at radius 1 is 0.364 bits per heavy atom. The summed E-state index contributed by atoms with van der Waals surface area (Å²) in [7, 11) is 0. The van der Waals surface area contributed by atoms with Gasteiger partial charge in [-0.2, -0.15) is 0 Å². The molecule has 0 aliphatic heterocycles. The van der Waals surface area contributed by atoms with Crippen LogP contribution in [0.1, 0.15) is 11.1 Å². The number of hydrogen-bond acceptors (Lipinski definition) is 4. The van der Waals surface area contributed by atoms with Gasteiger partial charge in [0.1, 0.15) is 0 Å². The van der Waals surface area contributed by atoms with E-state index in [1.807, 2.05) is 60.7 Å². The Labute approximate surface area is 251 Å². The number of aromatic nitrogens is 4. The number of fused-ring (bicyclic) bond motifs is 8. The second-order valence-corrected chi connectivity index (χ2v) is 10.9. The molecule has 0 spiro atoms. The molecule has 9 aromatic rings. The Kier molecular flexibility index (Phi) is 5.00. The van der Waals surface area contributed by atoms with Gasteiger partial charge < -0.3 is 0 Å². The third-order valence-electron chi connectivity index (χ3n) is 8.53. The Bertz CT molecular complexity index is 2650. The number of rotatable bonds is 0. The number of pyridine rings is 4. The average molecular weight is 557 g/mol. The first-order chi connectivity index (χ1) is 21.7. The number of benzene rings is 4. The Morgan fingerprint density at radius 2 is 0.727 bits per heavy atom. The molecule has 0 saturated heterocycles. The van der Waals surface area contributed by atoms with Crippen LogP contribution in [0.3, 0.4) is 0 Å². The van der Waals surface area contributed by atoms with E-state index in [1.54, 1.807) is 0 Å². The first-order valence-corrected chi connectivity index (χ1v) is 14.3. The van der Waals surface area contributed by atoms with Crippen LogP contribution in [-0.4, -0.2) is 19.9 Å². The molecular weight excluding hydrogens is 536 g/mol. The molecule has 9 rings (SSSR count). The summed E-state index contributed by atoms with van der Waals surface area (Å²) in [6.07, 6.45) is 12.2. The minimum atomic E-state index is 0.759. The van der Waals surface area contributed by atoms with Crippen LogP contribution < -0.4 is 0 Å². The number of para-hydroxylation sites is 4. The van der Waals surface area contributed by atoms with Gasteiger partial charge in [0.2, 0.25) is 0 Å². The summed E-state index contributed by atoms with van der Waals surface area (Å²) < 4.78 is 0. The van der Waals surface area contributed by atoms with Crippen LogP contribution >= 0.6 is 0 Å². The molecule has 44 heavy (non-hydrogen) atoms. The molecule has 0 amide bonds. The number of terminal acetylenes is 2. The van der Waals surface area contributed by atoms with Gasteiger partial charge in [-0.15, -0.1) is 12.8 Å². The van der Waals surface area contributed by atoms with Gasteiger partial charge in [-0.25, -0.2) is 19.9 Å². The molecule has 0 fully saturated rings. The van der Waals surface area contributed by atoms with E-state index in [0.717, 1.165) is 98.4 Å². The van der Waals surface area contributed by atoms with Crippen molar-refractivity contribution < 1.29 is 0 Å². The monoisotopic (exact) mass is 556 g/mol. The Morgan fingerprint density at radius 3 is 1.16 bits per heavy atom. The summed E-state index contributed by atoms with van der Waals surface area (Å²) in [5.74, 6) is 5.82. The smallest absolute Gasteiger partial charge is 0.0816 e. The zero-order chi connectivity index (χ0) is 29.4. The molecule has 5 aromatic heterocycles. The maximum absolute atomic E-state index is 6.10. The summed E-state index contributed by atoms with van der Waals surface area (Å²) in [5, 5.41) is 7.41. The van der Waals surface area contributed by atoms with E-state index < -0.39 is 0 Å². The van der Waals surface area contributed by atoms with Gasteiger partial charge in [-0.3, -0.25) is 0 Å². The van der Waals surface area contributed by atoms with Crippen LogP contribution in [0.4, 0.5) is 0 Å². The zero-order valence-electron chi connectivity index (χ0n) is 23.3. The maximum Gasteiger partial charge on any atom is 0.0816 e. The lowest BCUT2D eigenvalue weighted by molar-refractivity contribution is 1.46. The fraction of sp³-hybridized carbons (Fsp3) is 0. The van der Waals surface area contributed by atoms with Crippen LogP contribution in [0.25, 0.3) is 87.2 Å². The SMILES string of the molecule is C#Cc1cc2nc3c1cccc3c1ccc3cccc(c4cc(C#C)c5cccc(c6ccc7cccc2c7n6)c5n4)c3n1. The lowest BCUT2D eigenvalue weighted by Crippen LogP contribution is -1.91. The predicted octanol–water partition coefficient (Wildman–Crippen LogP) is 9.02. The molecule has 4 aromatic carbocycles. The molecule has 0 aliphatic rings. The van der Waals surface area contributed by atoms with Crippen LogP contribution in [0.2, 0.25) is 0 Å². The van der Waals surface area contributed by atoms with Gasteiger partial charge in [0, 0.05) is 54.2 Å². The van der Waals surface area contributed by atoms with Gasteiger partial charge in [0.25, 0.3) is 0 Å². The second kappa shape index (κ2) is 9.07. The summed E-state index contributed by atoms with van der Waals surface area (Å²) in [4.78, 5) is 21.0. The molecule has 0 N–H and O–H groups in total. The molecule has 0 unspecified atom stereocenters. The highest BCUT2D eigenvalue weighted by Gasteiger charge is 2.12. The van der Waals surface area contributed by atoms with E-state index in [4.69, 9.17) is 32.8 Å². The van der Waals surface area contributed by atoms with Crippen molar-refractivity contribution in [2.24, 2.45) is 0 Å². The quantitative estimate of drug-likeness (QED) is 0.175. The predicted molar refractivity (Wildman–Crippen MR) is 182 cm³/mol. The highest BCUT2D eigenvalue weighted by atomic mass is 14.8. The molecule has 5 heterocycles. The zero-order valence-corrected chi connectivity index (χ0v) is 23.3. The van der Waals surface area contributed by atoms with E-state index in [-0.39, 0.29) is 0 Å². The van der Waals surface area contributed by atoms with Crippen molar-refractivity contribution >= 4 is 87.2 Å². The van der Waals surface area contributed by atoms with Crippen molar-refractivity contribution in [3.63, 3.8) is 0 Å². The van der Waals surface area contributed by atoms with Crippen molar-refractivity contribution in [2.75, 3.05) is 0 Å². The third-order valence-corrected chi connectivity index (χ3v) is 8.53. The first-order valence-electron chi connectivity index (χ1n) is 14.3. The van der Waals surface area contributed by atoms with Crippen molar-refractivity contribution in [3.05, 3.63) is 120 Å². The van der Waals surface area contributed by atoms with E-state index in [0.29, 0.717) is 0 Å². The highest BCUT2D eigenvalue weighted by molar-refractivity contribution is 6.14. The molecule has 200 valence electrons. The summed E-state index contributed by atoms with van der Waals surface area (Å²) >= 11 is 0. The summed E-state index contributed by atoms with van der Waals surface area (Å²) in [6.45, 7) is 0. The number of hydrogen-bond donors (Lipinski definition) is 0. The Balaban J connectivity index is 1.66. The Hall–Kier alpha value is -6.36. The summed E-state index contributed by atoms with van der Waals surface area (Å²) in [5.41, 5.74) is 7.91. The van der Waals surface area contributed by atoms with E-state index in [1.165, 1.54) is 0 Å². The van der Waals surface area contributed by atoms with Crippen molar-refractivity contribution in [2.45, 2.75) is 0 Å². The molecular formula is C40H20N4. The third kappa shape index (κ3) is 3.43. The van der Waals surface area contributed by atoms with Gasteiger partial charge >= 0.3 is 0 Å². The minimum absolute atomic E-state index is 0.759. The molecule has 0 radical (unpaired) electrons. The van der Waals surface area contributed by atoms with Gasteiger partial charge in [-0.1, -0.05) is 96.8 Å². The van der Waals surface area contributed by atoms with Crippen LogP contribution in [0.15, 0.2) is 109 Å². The van der Waals surface area contributed by atoms with Crippen LogP contribution in [-0.2, 0) is 0 Å². The highest BCUT2D eigenvalue weighted by Crippen LogP contribution is 2.32. The molecule has 4 nitrogen and oxygen atoms in total. The topological polar surface area (TPSA) is 51.6 Å². The average Bonchev–Trinajstić information content (AvgIpc) is 3.08. The minimum Gasteiger partial charge on any atom is -0.247 e. The van der Waals surface area contributed by atoms with E-state index in [9.17, 15) is 0 Å². The van der Waals surface area contributed by atoms with Crippen molar-refractivity contribution in [3.8, 4) is 24.7 Å². The van der Waals surface area contributed by atoms with Crippen LogP contribution in [0.5, 0.6) is 0 Å². The molecule has 8 bridgehead atoms. The lowest BCUT2D eigenvalue weighted by atomic mass is 10.0. The molecule has 0 atom stereocenters.